The minimum absolute atomic E-state index is 0.125. The van der Waals surface area contributed by atoms with Crippen LogP contribution in [0.2, 0.25) is 0 Å². The first-order valence-electron chi connectivity index (χ1n) is 4.91. The molecule has 2 rings (SSSR count). The number of rotatable bonds is 2. The van der Waals surface area contributed by atoms with Gasteiger partial charge in [-0.2, -0.15) is 0 Å². The van der Waals surface area contributed by atoms with Crippen LogP contribution in [0.1, 0.15) is 6.92 Å². The van der Waals surface area contributed by atoms with Gasteiger partial charge in [-0.25, -0.2) is 9.18 Å². The number of carbonyl (C=O) groups excluding carboxylic acids is 1. The van der Waals surface area contributed by atoms with Crippen molar-refractivity contribution in [2.24, 2.45) is 0 Å². The van der Waals surface area contributed by atoms with E-state index in [1.165, 1.54) is 13.0 Å². The van der Waals surface area contributed by atoms with E-state index in [1.807, 2.05) is 0 Å². The standard InChI is InChI=1S/C11H9FN2O3/c1-6(15)5-14-10(16)8-3-2-7(12)4-9(8)13-11(14)17/h2-4H,5H2,1H3,(H,13,17). The number of fused-ring (bicyclic) bond motifs is 1. The molecule has 0 saturated carbocycles. The Hall–Kier alpha value is -2.24. The van der Waals surface area contributed by atoms with E-state index in [0.717, 1.165) is 16.7 Å². The highest BCUT2D eigenvalue weighted by Gasteiger charge is 2.09. The van der Waals surface area contributed by atoms with Crippen LogP contribution >= 0.6 is 0 Å². The Kier molecular flexibility index (Phi) is 2.63. The van der Waals surface area contributed by atoms with Crippen molar-refractivity contribution in [1.82, 2.24) is 9.55 Å². The van der Waals surface area contributed by atoms with Crippen LogP contribution in [-0.2, 0) is 11.3 Å². The second-order valence-electron chi connectivity index (χ2n) is 3.71. The van der Waals surface area contributed by atoms with E-state index in [9.17, 15) is 18.8 Å². The molecule has 0 spiro atoms. The number of ketones is 1. The molecule has 2 aromatic rings. The minimum atomic E-state index is -0.719. The van der Waals surface area contributed by atoms with Crippen LogP contribution in [0.25, 0.3) is 10.9 Å². The molecule has 0 saturated heterocycles. The van der Waals surface area contributed by atoms with Gasteiger partial charge in [-0.1, -0.05) is 0 Å². The molecule has 0 aliphatic rings. The number of hydrogen-bond donors (Lipinski definition) is 1. The molecule has 88 valence electrons. The third kappa shape index (κ3) is 2.01. The van der Waals surface area contributed by atoms with Gasteiger partial charge in [0.2, 0.25) is 0 Å². The van der Waals surface area contributed by atoms with E-state index in [4.69, 9.17) is 0 Å². The van der Waals surface area contributed by atoms with Crippen molar-refractivity contribution < 1.29 is 9.18 Å². The SMILES string of the molecule is CC(=O)Cn1c(=O)[nH]c2cc(F)ccc2c1=O. The van der Waals surface area contributed by atoms with Crippen LogP contribution in [0, 0.1) is 5.82 Å². The third-order valence-corrected chi connectivity index (χ3v) is 2.32. The number of nitrogens with one attached hydrogen (secondary N) is 1. The number of aromatic amines is 1. The van der Waals surface area contributed by atoms with E-state index < -0.39 is 17.1 Å². The predicted octanol–water partition coefficient (Wildman–Crippen LogP) is 0.418. The number of halogens is 1. The molecule has 0 bridgehead atoms. The monoisotopic (exact) mass is 236 g/mol. The summed E-state index contributed by atoms with van der Waals surface area (Å²) >= 11 is 0. The molecular formula is C11H9FN2O3. The summed E-state index contributed by atoms with van der Waals surface area (Å²) < 4.78 is 13.7. The lowest BCUT2D eigenvalue weighted by Gasteiger charge is -2.03. The van der Waals surface area contributed by atoms with Crippen LogP contribution in [-0.4, -0.2) is 15.3 Å². The summed E-state index contributed by atoms with van der Waals surface area (Å²) in [5.41, 5.74) is -1.19. The molecule has 1 aromatic heterocycles. The van der Waals surface area contributed by atoms with Crippen LogP contribution in [0.15, 0.2) is 27.8 Å². The van der Waals surface area contributed by atoms with Crippen LogP contribution in [0.3, 0.4) is 0 Å². The second kappa shape index (κ2) is 3.97. The zero-order valence-corrected chi connectivity index (χ0v) is 8.99. The average Bonchev–Trinajstić information content (AvgIpc) is 2.23. The summed E-state index contributed by atoms with van der Waals surface area (Å²) in [5, 5.41) is 0.173. The normalized spacial score (nSPS) is 10.7. The van der Waals surface area contributed by atoms with Crippen molar-refractivity contribution in [3.63, 3.8) is 0 Å². The van der Waals surface area contributed by atoms with Gasteiger partial charge in [-0.05, 0) is 25.1 Å². The summed E-state index contributed by atoms with van der Waals surface area (Å²) in [7, 11) is 0. The topological polar surface area (TPSA) is 71.9 Å². The summed E-state index contributed by atoms with van der Waals surface area (Å²) in [6.07, 6.45) is 0. The molecule has 0 atom stereocenters. The molecule has 0 radical (unpaired) electrons. The molecule has 0 amide bonds. The Morgan fingerprint density at radius 3 is 2.76 bits per heavy atom. The van der Waals surface area contributed by atoms with E-state index in [-0.39, 0.29) is 23.2 Å². The molecule has 6 heteroatoms. The molecule has 1 heterocycles. The van der Waals surface area contributed by atoms with Crippen molar-refractivity contribution in [3.8, 4) is 0 Å². The van der Waals surface area contributed by atoms with Gasteiger partial charge in [0.05, 0.1) is 17.4 Å². The van der Waals surface area contributed by atoms with Crippen LogP contribution in [0.4, 0.5) is 4.39 Å². The van der Waals surface area contributed by atoms with E-state index in [1.54, 1.807) is 0 Å². The lowest BCUT2D eigenvalue weighted by molar-refractivity contribution is -0.117. The van der Waals surface area contributed by atoms with Crippen molar-refractivity contribution in [3.05, 3.63) is 44.9 Å². The molecular weight excluding hydrogens is 227 g/mol. The molecule has 0 aliphatic carbocycles. The molecule has 0 unspecified atom stereocenters. The van der Waals surface area contributed by atoms with Gasteiger partial charge in [0, 0.05) is 0 Å². The van der Waals surface area contributed by atoms with Crippen LogP contribution in [0.5, 0.6) is 0 Å². The number of carbonyl (C=O) groups is 1. The Morgan fingerprint density at radius 2 is 2.12 bits per heavy atom. The first-order chi connectivity index (χ1) is 7.99. The van der Waals surface area contributed by atoms with Gasteiger partial charge >= 0.3 is 5.69 Å². The molecule has 1 N–H and O–H groups in total. The Bertz CT molecular complexity index is 715. The van der Waals surface area contributed by atoms with Crippen LogP contribution < -0.4 is 11.2 Å². The maximum Gasteiger partial charge on any atom is 0.329 e. The zero-order valence-electron chi connectivity index (χ0n) is 8.99. The summed E-state index contributed by atoms with van der Waals surface area (Å²) in [6.45, 7) is 0.988. The van der Waals surface area contributed by atoms with Gasteiger partial charge in [-0.15, -0.1) is 0 Å². The van der Waals surface area contributed by atoms with E-state index in [2.05, 4.69) is 4.98 Å². The maximum atomic E-state index is 12.9. The predicted molar refractivity (Wildman–Crippen MR) is 59.5 cm³/mol. The van der Waals surface area contributed by atoms with Gasteiger partial charge < -0.3 is 4.98 Å². The molecule has 17 heavy (non-hydrogen) atoms. The number of aromatic nitrogens is 2. The number of H-pyrrole nitrogens is 1. The van der Waals surface area contributed by atoms with Gasteiger partial charge in [0.1, 0.15) is 11.6 Å². The van der Waals surface area contributed by atoms with Gasteiger partial charge in [-0.3, -0.25) is 14.2 Å². The Labute approximate surface area is 94.5 Å². The number of benzene rings is 1. The van der Waals surface area contributed by atoms with Crippen molar-refractivity contribution in [1.29, 1.82) is 0 Å². The summed E-state index contributed by atoms with van der Waals surface area (Å²) in [5.74, 6) is -0.851. The van der Waals surface area contributed by atoms with Crippen molar-refractivity contribution in [2.45, 2.75) is 13.5 Å². The Balaban J connectivity index is 2.81. The Morgan fingerprint density at radius 1 is 1.41 bits per heavy atom. The highest BCUT2D eigenvalue weighted by molar-refractivity contribution is 5.78. The summed E-state index contributed by atoms with van der Waals surface area (Å²) in [6, 6.07) is 3.47. The lowest BCUT2D eigenvalue weighted by Crippen LogP contribution is -2.36. The van der Waals surface area contributed by atoms with E-state index >= 15 is 0 Å². The number of hydrogen-bond acceptors (Lipinski definition) is 3. The smallest absolute Gasteiger partial charge is 0.307 e. The largest absolute Gasteiger partial charge is 0.329 e. The quantitative estimate of drug-likeness (QED) is 0.821. The second-order valence-corrected chi connectivity index (χ2v) is 3.71. The van der Waals surface area contributed by atoms with Gasteiger partial charge in [0.25, 0.3) is 5.56 Å². The number of nitrogens with zero attached hydrogens (tertiary/aromatic N) is 1. The fraction of sp³-hybridized carbons (Fsp3) is 0.182. The first-order valence-corrected chi connectivity index (χ1v) is 4.91. The van der Waals surface area contributed by atoms with E-state index in [0.29, 0.717) is 0 Å². The zero-order chi connectivity index (χ0) is 12.6. The third-order valence-electron chi connectivity index (χ3n) is 2.32. The lowest BCUT2D eigenvalue weighted by atomic mass is 10.2. The van der Waals surface area contributed by atoms with Crippen molar-refractivity contribution >= 4 is 16.7 Å². The first kappa shape index (κ1) is 11.3. The average molecular weight is 236 g/mol. The highest BCUT2D eigenvalue weighted by Crippen LogP contribution is 2.07. The highest BCUT2D eigenvalue weighted by atomic mass is 19.1. The summed E-state index contributed by atoms with van der Waals surface area (Å²) in [4.78, 5) is 36.7. The fourth-order valence-corrected chi connectivity index (χ4v) is 1.59. The van der Waals surface area contributed by atoms with Gasteiger partial charge in [0.15, 0.2) is 0 Å². The number of Topliss-reactive ketones (excluding diaryl/α,β-unsaturated/α-hetero) is 1. The molecule has 0 fully saturated rings. The minimum Gasteiger partial charge on any atom is -0.307 e. The maximum absolute atomic E-state index is 12.9. The molecule has 0 aliphatic heterocycles. The molecule has 5 nitrogen and oxygen atoms in total. The molecule has 1 aromatic carbocycles. The van der Waals surface area contributed by atoms with Crippen molar-refractivity contribution in [2.75, 3.05) is 0 Å². The fourth-order valence-electron chi connectivity index (χ4n) is 1.59.